The van der Waals surface area contributed by atoms with Gasteiger partial charge < -0.3 is 9.42 Å². The fourth-order valence-electron chi connectivity index (χ4n) is 2.84. The van der Waals surface area contributed by atoms with Crippen LogP contribution in [-0.4, -0.2) is 34.0 Å². The first kappa shape index (κ1) is 15.4. The molecule has 1 amide bonds. The van der Waals surface area contributed by atoms with Gasteiger partial charge in [0, 0.05) is 18.7 Å². The van der Waals surface area contributed by atoms with E-state index in [0.717, 1.165) is 12.0 Å². The lowest BCUT2D eigenvalue weighted by molar-refractivity contribution is 0.0794. The van der Waals surface area contributed by atoms with Gasteiger partial charge in [0.25, 0.3) is 5.91 Å². The molecule has 1 aliphatic heterocycles. The van der Waals surface area contributed by atoms with Crippen LogP contribution in [0.15, 0.2) is 47.0 Å². The van der Waals surface area contributed by atoms with Gasteiger partial charge in [0.05, 0.1) is 15.1 Å². The first-order chi connectivity index (χ1) is 11.7. The third kappa shape index (κ3) is 2.95. The van der Waals surface area contributed by atoms with Crippen LogP contribution in [-0.2, 0) is 0 Å². The first-order valence-electron chi connectivity index (χ1n) is 7.64. The Morgan fingerprint density at radius 2 is 2.08 bits per heavy atom. The number of amides is 1. The molecular weight excluding hydrogens is 346 g/mol. The van der Waals surface area contributed by atoms with Gasteiger partial charge in [-0.25, -0.2) is 0 Å². The van der Waals surface area contributed by atoms with Crippen LogP contribution in [0.1, 0.15) is 27.9 Å². The molecule has 4 rings (SSSR count). The second-order valence-corrected chi connectivity index (χ2v) is 7.38. The standard InChI is InChI=1S/C17H14ClN3O2S/c18-14-7-6-13(24-14)17(22)21-9-8-12(10-21)16-19-15(20-23-16)11-4-2-1-3-5-11/h1-7,12H,8-10H2/t12-/m1/s1. The third-order valence-electron chi connectivity index (χ3n) is 4.08. The van der Waals surface area contributed by atoms with Gasteiger partial charge in [-0.1, -0.05) is 47.1 Å². The van der Waals surface area contributed by atoms with Crippen LogP contribution >= 0.6 is 22.9 Å². The number of hydrogen-bond donors (Lipinski definition) is 0. The number of rotatable bonds is 3. The summed E-state index contributed by atoms with van der Waals surface area (Å²) in [6.45, 7) is 1.27. The van der Waals surface area contributed by atoms with Crippen LogP contribution in [0.3, 0.4) is 0 Å². The Bertz CT molecular complexity index is 862. The number of carbonyl (C=O) groups is 1. The molecular formula is C17H14ClN3O2S. The summed E-state index contributed by atoms with van der Waals surface area (Å²) in [6, 6.07) is 13.2. The van der Waals surface area contributed by atoms with E-state index in [-0.39, 0.29) is 11.8 Å². The summed E-state index contributed by atoms with van der Waals surface area (Å²) in [4.78, 5) is 19.5. The Labute approximate surface area is 147 Å². The van der Waals surface area contributed by atoms with Gasteiger partial charge in [-0.15, -0.1) is 11.3 Å². The molecule has 1 aliphatic rings. The second kappa shape index (κ2) is 6.37. The molecule has 3 heterocycles. The van der Waals surface area contributed by atoms with Crippen molar-refractivity contribution in [2.75, 3.05) is 13.1 Å². The number of benzene rings is 1. The summed E-state index contributed by atoms with van der Waals surface area (Å²) in [7, 11) is 0. The van der Waals surface area contributed by atoms with Crippen molar-refractivity contribution in [3.63, 3.8) is 0 Å². The molecule has 1 aromatic carbocycles. The maximum atomic E-state index is 12.5. The van der Waals surface area contributed by atoms with Crippen LogP contribution in [0.25, 0.3) is 11.4 Å². The Morgan fingerprint density at radius 3 is 2.83 bits per heavy atom. The van der Waals surface area contributed by atoms with Crippen molar-refractivity contribution in [3.05, 3.63) is 57.6 Å². The van der Waals surface area contributed by atoms with Crippen LogP contribution in [0.2, 0.25) is 4.34 Å². The van der Waals surface area contributed by atoms with Gasteiger partial charge in [0.2, 0.25) is 11.7 Å². The molecule has 5 nitrogen and oxygen atoms in total. The number of nitrogens with zero attached hydrogens (tertiary/aromatic N) is 3. The highest BCUT2D eigenvalue weighted by molar-refractivity contribution is 7.17. The summed E-state index contributed by atoms with van der Waals surface area (Å²) in [5.41, 5.74) is 0.923. The lowest BCUT2D eigenvalue weighted by atomic mass is 10.1. The quantitative estimate of drug-likeness (QED) is 0.707. The van der Waals surface area contributed by atoms with Crippen LogP contribution in [0, 0.1) is 0 Å². The van der Waals surface area contributed by atoms with Crippen LogP contribution in [0.5, 0.6) is 0 Å². The van der Waals surface area contributed by atoms with Crippen molar-refractivity contribution in [2.45, 2.75) is 12.3 Å². The SMILES string of the molecule is O=C(c1ccc(Cl)s1)N1CC[C@@H](c2nc(-c3ccccc3)no2)C1. The van der Waals surface area contributed by atoms with Gasteiger partial charge in [0.1, 0.15) is 0 Å². The molecule has 3 aromatic rings. The van der Waals surface area contributed by atoms with Crippen molar-refractivity contribution in [1.29, 1.82) is 0 Å². The number of halogens is 1. The molecule has 0 unspecified atom stereocenters. The maximum Gasteiger partial charge on any atom is 0.263 e. The molecule has 1 atom stereocenters. The average Bonchev–Trinajstić information content (AvgIpc) is 3.35. The molecule has 1 fully saturated rings. The second-order valence-electron chi connectivity index (χ2n) is 5.66. The minimum absolute atomic E-state index is 0.0113. The summed E-state index contributed by atoms with van der Waals surface area (Å²) in [5.74, 6) is 1.26. The highest BCUT2D eigenvalue weighted by Crippen LogP contribution is 2.30. The van der Waals surface area contributed by atoms with E-state index in [2.05, 4.69) is 10.1 Å². The molecule has 7 heteroatoms. The van der Waals surface area contributed by atoms with E-state index in [4.69, 9.17) is 16.1 Å². The third-order valence-corrected chi connectivity index (χ3v) is 5.30. The topological polar surface area (TPSA) is 59.2 Å². The maximum absolute atomic E-state index is 12.5. The lowest BCUT2D eigenvalue weighted by Crippen LogP contribution is -2.27. The fraction of sp³-hybridized carbons (Fsp3) is 0.235. The zero-order valence-electron chi connectivity index (χ0n) is 12.7. The summed E-state index contributed by atoms with van der Waals surface area (Å²) in [5, 5.41) is 4.06. The normalized spacial score (nSPS) is 17.4. The smallest absolute Gasteiger partial charge is 0.263 e. The van der Waals surface area contributed by atoms with Gasteiger partial charge in [-0.05, 0) is 18.6 Å². The predicted octanol–water partition coefficient (Wildman–Crippen LogP) is 4.08. The zero-order chi connectivity index (χ0) is 16.5. The van der Waals surface area contributed by atoms with Crippen molar-refractivity contribution in [2.24, 2.45) is 0 Å². The largest absolute Gasteiger partial charge is 0.339 e. The van der Waals surface area contributed by atoms with E-state index in [1.54, 1.807) is 12.1 Å². The molecule has 0 spiro atoms. The van der Waals surface area contributed by atoms with Gasteiger partial charge in [-0.2, -0.15) is 4.98 Å². The summed E-state index contributed by atoms with van der Waals surface area (Å²) < 4.78 is 6.05. The van der Waals surface area contributed by atoms with E-state index in [1.807, 2.05) is 35.2 Å². The molecule has 0 aliphatic carbocycles. The van der Waals surface area contributed by atoms with Crippen molar-refractivity contribution < 1.29 is 9.32 Å². The molecule has 1 saturated heterocycles. The van der Waals surface area contributed by atoms with Crippen molar-refractivity contribution in [1.82, 2.24) is 15.0 Å². The van der Waals surface area contributed by atoms with Crippen LogP contribution < -0.4 is 0 Å². The fourth-order valence-corrected chi connectivity index (χ4v) is 3.85. The van der Waals surface area contributed by atoms with Gasteiger partial charge in [0.15, 0.2) is 0 Å². The lowest BCUT2D eigenvalue weighted by Gasteiger charge is -2.14. The average molecular weight is 360 g/mol. The van der Waals surface area contributed by atoms with Gasteiger partial charge in [-0.3, -0.25) is 4.79 Å². The number of aromatic nitrogens is 2. The Morgan fingerprint density at radius 1 is 1.25 bits per heavy atom. The summed E-state index contributed by atoms with van der Waals surface area (Å²) >= 11 is 7.22. The predicted molar refractivity (Wildman–Crippen MR) is 92.3 cm³/mol. The number of hydrogen-bond acceptors (Lipinski definition) is 5. The molecule has 0 saturated carbocycles. The van der Waals surface area contributed by atoms with Crippen LogP contribution in [0.4, 0.5) is 0 Å². The van der Waals surface area contributed by atoms with E-state index in [1.165, 1.54) is 11.3 Å². The Hall–Kier alpha value is -2.18. The van der Waals surface area contributed by atoms with Crippen molar-refractivity contribution >= 4 is 28.8 Å². The van der Waals surface area contributed by atoms with E-state index < -0.39 is 0 Å². The number of likely N-dealkylation sites (tertiary alicyclic amines) is 1. The zero-order valence-corrected chi connectivity index (χ0v) is 14.3. The Balaban J connectivity index is 1.47. The molecule has 122 valence electrons. The first-order valence-corrected chi connectivity index (χ1v) is 8.84. The minimum Gasteiger partial charge on any atom is -0.339 e. The van der Waals surface area contributed by atoms with E-state index >= 15 is 0 Å². The van der Waals surface area contributed by atoms with E-state index in [0.29, 0.717) is 34.0 Å². The van der Waals surface area contributed by atoms with E-state index in [9.17, 15) is 4.79 Å². The van der Waals surface area contributed by atoms with Crippen molar-refractivity contribution in [3.8, 4) is 11.4 Å². The van der Waals surface area contributed by atoms with Gasteiger partial charge >= 0.3 is 0 Å². The molecule has 2 aromatic heterocycles. The molecule has 0 radical (unpaired) electrons. The molecule has 0 N–H and O–H groups in total. The molecule has 0 bridgehead atoms. The highest BCUT2D eigenvalue weighted by Gasteiger charge is 2.32. The number of carbonyl (C=O) groups excluding carboxylic acids is 1. The minimum atomic E-state index is 0.0113. The highest BCUT2D eigenvalue weighted by atomic mass is 35.5. The Kier molecular flexibility index (Phi) is 4.08. The monoisotopic (exact) mass is 359 g/mol. The summed E-state index contributed by atoms with van der Waals surface area (Å²) in [6.07, 6.45) is 0.821. The number of thiophene rings is 1. The molecule has 24 heavy (non-hydrogen) atoms.